The maximum atomic E-state index is 5.35. The summed E-state index contributed by atoms with van der Waals surface area (Å²) in [6.45, 7) is 4.72. The molecule has 2 heterocycles. The lowest BCUT2D eigenvalue weighted by molar-refractivity contribution is 0.182. The van der Waals surface area contributed by atoms with E-state index in [0.29, 0.717) is 5.92 Å². The minimum absolute atomic E-state index is 0.190. The molecular formula is C10H19N5O. The fourth-order valence-corrected chi connectivity index (χ4v) is 1.93. The molecule has 1 saturated heterocycles. The van der Waals surface area contributed by atoms with E-state index in [9.17, 15) is 0 Å². The lowest BCUT2D eigenvalue weighted by atomic mass is 10.1. The molecule has 6 nitrogen and oxygen atoms in total. The van der Waals surface area contributed by atoms with Crippen LogP contribution in [0.3, 0.4) is 0 Å². The van der Waals surface area contributed by atoms with Crippen LogP contribution < -0.4 is 5.32 Å². The average Bonchev–Trinajstić information content (AvgIpc) is 2.96. The number of nitrogens with zero attached hydrogens (tertiary/aromatic N) is 4. The second-order valence-electron chi connectivity index (χ2n) is 4.29. The van der Waals surface area contributed by atoms with Gasteiger partial charge in [-0.15, -0.1) is 5.10 Å². The Morgan fingerprint density at radius 3 is 3.19 bits per heavy atom. The van der Waals surface area contributed by atoms with Gasteiger partial charge in [-0.25, -0.2) is 4.68 Å². The molecule has 0 spiro atoms. The van der Waals surface area contributed by atoms with Crippen LogP contribution >= 0.6 is 0 Å². The van der Waals surface area contributed by atoms with Crippen LogP contribution in [0.1, 0.15) is 31.6 Å². The molecule has 0 aliphatic carbocycles. The summed E-state index contributed by atoms with van der Waals surface area (Å²) >= 11 is 0. The molecule has 1 fully saturated rings. The van der Waals surface area contributed by atoms with Crippen LogP contribution in [0.5, 0.6) is 0 Å². The smallest absolute Gasteiger partial charge is 0.167 e. The summed E-state index contributed by atoms with van der Waals surface area (Å²) in [5.41, 5.74) is 0. The molecule has 1 aliphatic rings. The number of hydrogen-bond donors (Lipinski definition) is 1. The van der Waals surface area contributed by atoms with Crippen molar-refractivity contribution in [1.29, 1.82) is 0 Å². The fraction of sp³-hybridized carbons (Fsp3) is 0.900. The Balaban J connectivity index is 1.90. The average molecular weight is 225 g/mol. The van der Waals surface area contributed by atoms with Crippen molar-refractivity contribution in [2.75, 3.05) is 20.3 Å². The zero-order valence-electron chi connectivity index (χ0n) is 9.89. The number of ether oxygens (including phenoxy) is 1. The summed E-state index contributed by atoms with van der Waals surface area (Å²) in [7, 11) is 1.91. The second-order valence-corrected chi connectivity index (χ2v) is 4.29. The standard InChI is InChI=1S/C10H19N5O/c1-8(11-2)10-12-13-14-15(10)5-3-9-4-6-16-7-9/h8-9,11H,3-7H2,1-2H3. The molecule has 16 heavy (non-hydrogen) atoms. The first kappa shape index (κ1) is 11.5. The molecule has 6 heteroatoms. The number of aromatic nitrogens is 4. The Hall–Kier alpha value is -1.01. The van der Waals surface area contributed by atoms with E-state index in [4.69, 9.17) is 4.74 Å². The van der Waals surface area contributed by atoms with Crippen LogP contribution in [-0.4, -0.2) is 40.5 Å². The van der Waals surface area contributed by atoms with Crippen LogP contribution in [0.15, 0.2) is 0 Å². The Labute approximate surface area is 95.4 Å². The van der Waals surface area contributed by atoms with Gasteiger partial charge in [0.15, 0.2) is 5.82 Å². The molecule has 1 aliphatic heterocycles. The Morgan fingerprint density at radius 2 is 2.50 bits per heavy atom. The zero-order chi connectivity index (χ0) is 11.4. The van der Waals surface area contributed by atoms with Crippen LogP contribution in [0.25, 0.3) is 0 Å². The van der Waals surface area contributed by atoms with Crippen LogP contribution in [0.2, 0.25) is 0 Å². The van der Waals surface area contributed by atoms with Gasteiger partial charge in [-0.05, 0) is 43.2 Å². The minimum Gasteiger partial charge on any atom is -0.381 e. The Bertz CT molecular complexity index is 321. The predicted molar refractivity (Wildman–Crippen MR) is 58.8 cm³/mol. The van der Waals surface area contributed by atoms with Crippen LogP contribution in [0, 0.1) is 5.92 Å². The second kappa shape index (κ2) is 5.36. The van der Waals surface area contributed by atoms with Gasteiger partial charge in [0.1, 0.15) is 0 Å². The molecule has 2 rings (SSSR count). The highest BCUT2D eigenvalue weighted by atomic mass is 16.5. The molecule has 1 aromatic heterocycles. The van der Waals surface area contributed by atoms with E-state index in [0.717, 1.165) is 32.0 Å². The lowest BCUT2D eigenvalue weighted by Crippen LogP contribution is -2.19. The number of tetrazole rings is 1. The van der Waals surface area contributed by atoms with Gasteiger partial charge in [0, 0.05) is 19.8 Å². The largest absolute Gasteiger partial charge is 0.381 e. The van der Waals surface area contributed by atoms with Crippen molar-refractivity contribution in [3.8, 4) is 0 Å². The van der Waals surface area contributed by atoms with Crippen molar-refractivity contribution < 1.29 is 4.74 Å². The molecule has 2 atom stereocenters. The van der Waals surface area contributed by atoms with Crippen molar-refractivity contribution >= 4 is 0 Å². The van der Waals surface area contributed by atoms with Crippen LogP contribution in [-0.2, 0) is 11.3 Å². The van der Waals surface area contributed by atoms with E-state index >= 15 is 0 Å². The lowest BCUT2D eigenvalue weighted by Gasteiger charge is -2.11. The normalized spacial score (nSPS) is 22.5. The van der Waals surface area contributed by atoms with Crippen LogP contribution in [0.4, 0.5) is 0 Å². The third-order valence-corrected chi connectivity index (χ3v) is 3.15. The molecule has 2 unspecified atom stereocenters. The molecule has 90 valence electrons. The van der Waals surface area contributed by atoms with Gasteiger partial charge in [0.05, 0.1) is 6.04 Å². The first-order chi connectivity index (χ1) is 7.81. The molecule has 1 aromatic rings. The summed E-state index contributed by atoms with van der Waals surface area (Å²) < 4.78 is 7.24. The summed E-state index contributed by atoms with van der Waals surface area (Å²) in [6, 6.07) is 0.190. The highest BCUT2D eigenvalue weighted by Crippen LogP contribution is 2.17. The molecule has 0 saturated carbocycles. The van der Waals surface area contributed by atoms with Gasteiger partial charge in [-0.3, -0.25) is 0 Å². The van der Waals surface area contributed by atoms with Gasteiger partial charge in [-0.1, -0.05) is 0 Å². The van der Waals surface area contributed by atoms with E-state index in [1.807, 2.05) is 11.7 Å². The van der Waals surface area contributed by atoms with Crippen molar-refractivity contribution in [2.45, 2.75) is 32.4 Å². The van der Waals surface area contributed by atoms with Gasteiger partial charge in [0.25, 0.3) is 0 Å². The molecule has 1 N–H and O–H groups in total. The minimum atomic E-state index is 0.190. The molecule has 0 radical (unpaired) electrons. The third-order valence-electron chi connectivity index (χ3n) is 3.15. The molecule has 0 amide bonds. The monoisotopic (exact) mass is 225 g/mol. The highest BCUT2D eigenvalue weighted by molar-refractivity contribution is 4.88. The molecular weight excluding hydrogens is 206 g/mol. The Morgan fingerprint density at radius 1 is 1.62 bits per heavy atom. The summed E-state index contributed by atoms with van der Waals surface area (Å²) in [4.78, 5) is 0. The quantitative estimate of drug-likeness (QED) is 0.785. The van der Waals surface area contributed by atoms with Crippen molar-refractivity contribution in [3.63, 3.8) is 0 Å². The van der Waals surface area contributed by atoms with E-state index < -0.39 is 0 Å². The number of nitrogens with one attached hydrogen (secondary N) is 1. The van der Waals surface area contributed by atoms with Crippen molar-refractivity contribution in [3.05, 3.63) is 5.82 Å². The molecule has 0 aromatic carbocycles. The highest BCUT2D eigenvalue weighted by Gasteiger charge is 2.18. The number of rotatable bonds is 5. The maximum absolute atomic E-state index is 5.35. The maximum Gasteiger partial charge on any atom is 0.167 e. The van der Waals surface area contributed by atoms with Gasteiger partial charge in [0.2, 0.25) is 0 Å². The number of aryl methyl sites for hydroxylation is 1. The van der Waals surface area contributed by atoms with Gasteiger partial charge < -0.3 is 10.1 Å². The van der Waals surface area contributed by atoms with E-state index in [1.165, 1.54) is 6.42 Å². The summed E-state index contributed by atoms with van der Waals surface area (Å²) in [5, 5.41) is 14.9. The summed E-state index contributed by atoms with van der Waals surface area (Å²) in [5.74, 6) is 1.57. The molecule has 0 bridgehead atoms. The summed E-state index contributed by atoms with van der Waals surface area (Å²) in [6.07, 6.45) is 2.26. The number of hydrogen-bond acceptors (Lipinski definition) is 5. The predicted octanol–water partition coefficient (Wildman–Crippen LogP) is 0.380. The Kier molecular flexibility index (Phi) is 3.84. The van der Waals surface area contributed by atoms with Crippen molar-refractivity contribution in [2.24, 2.45) is 5.92 Å². The van der Waals surface area contributed by atoms with Gasteiger partial charge in [-0.2, -0.15) is 0 Å². The SMILES string of the molecule is CNC(C)c1nnnn1CCC1CCOC1. The van der Waals surface area contributed by atoms with E-state index in [2.05, 4.69) is 27.8 Å². The first-order valence-electron chi connectivity index (χ1n) is 5.82. The van der Waals surface area contributed by atoms with Crippen molar-refractivity contribution in [1.82, 2.24) is 25.5 Å². The topological polar surface area (TPSA) is 64.9 Å². The third kappa shape index (κ3) is 2.56. The first-order valence-corrected chi connectivity index (χ1v) is 5.82. The van der Waals surface area contributed by atoms with E-state index in [1.54, 1.807) is 0 Å². The zero-order valence-corrected chi connectivity index (χ0v) is 9.89. The fourth-order valence-electron chi connectivity index (χ4n) is 1.93. The van der Waals surface area contributed by atoms with Gasteiger partial charge >= 0.3 is 0 Å². The van der Waals surface area contributed by atoms with E-state index in [-0.39, 0.29) is 6.04 Å².